The molecular formula is C23H26O2. The van der Waals surface area contributed by atoms with Crippen LogP contribution in [0.2, 0.25) is 0 Å². The summed E-state index contributed by atoms with van der Waals surface area (Å²) in [5.41, 5.74) is 5.81. The van der Waals surface area contributed by atoms with Crippen molar-refractivity contribution in [2.24, 2.45) is 0 Å². The third-order valence-corrected chi connectivity index (χ3v) is 4.75. The maximum Gasteiger partial charge on any atom is 0.188 e. The molecule has 1 aliphatic rings. The Morgan fingerprint density at radius 2 is 1.80 bits per heavy atom. The van der Waals surface area contributed by atoms with Crippen LogP contribution in [-0.4, -0.2) is 12.4 Å². The SMILES string of the molecule is CCc1ccc(CCCC/C=C/c2ccc3c(c2)COCC3=O)cc1. The minimum atomic E-state index is 0.0868. The third kappa shape index (κ3) is 4.90. The number of unbranched alkanes of at least 4 members (excludes halogenated alkanes) is 2. The molecule has 2 aromatic rings. The van der Waals surface area contributed by atoms with Gasteiger partial charge in [-0.25, -0.2) is 0 Å². The summed E-state index contributed by atoms with van der Waals surface area (Å²) in [5, 5.41) is 0. The number of hydrogen-bond acceptors (Lipinski definition) is 2. The molecule has 1 heterocycles. The van der Waals surface area contributed by atoms with Gasteiger partial charge >= 0.3 is 0 Å². The van der Waals surface area contributed by atoms with Crippen molar-refractivity contribution in [1.29, 1.82) is 0 Å². The molecule has 0 aliphatic carbocycles. The molecule has 0 N–H and O–H groups in total. The summed E-state index contributed by atoms with van der Waals surface area (Å²) < 4.78 is 5.30. The molecule has 2 heteroatoms. The van der Waals surface area contributed by atoms with Gasteiger partial charge in [-0.3, -0.25) is 4.79 Å². The van der Waals surface area contributed by atoms with Crippen LogP contribution in [-0.2, 0) is 24.2 Å². The molecule has 0 amide bonds. The Balaban J connectivity index is 1.43. The van der Waals surface area contributed by atoms with Crippen LogP contribution in [0.1, 0.15) is 58.8 Å². The van der Waals surface area contributed by atoms with Crippen LogP contribution < -0.4 is 0 Å². The summed E-state index contributed by atoms with van der Waals surface area (Å²) in [6, 6.07) is 15.0. The zero-order valence-electron chi connectivity index (χ0n) is 15.0. The summed E-state index contributed by atoms with van der Waals surface area (Å²) in [6.07, 6.45) is 10.1. The molecule has 0 fully saturated rings. The van der Waals surface area contributed by atoms with Gasteiger partial charge in [0.2, 0.25) is 0 Å². The fourth-order valence-electron chi connectivity index (χ4n) is 3.19. The molecule has 1 aliphatic heterocycles. The molecule has 2 nitrogen and oxygen atoms in total. The molecule has 0 atom stereocenters. The van der Waals surface area contributed by atoms with Gasteiger partial charge in [-0.15, -0.1) is 0 Å². The average Bonchev–Trinajstić information content (AvgIpc) is 2.65. The first-order valence-corrected chi connectivity index (χ1v) is 9.24. The van der Waals surface area contributed by atoms with E-state index in [1.165, 1.54) is 24.0 Å². The summed E-state index contributed by atoms with van der Waals surface area (Å²) >= 11 is 0. The van der Waals surface area contributed by atoms with Crippen LogP contribution in [0.4, 0.5) is 0 Å². The first-order valence-electron chi connectivity index (χ1n) is 9.24. The number of allylic oxidation sites excluding steroid dienone is 1. The molecule has 0 radical (unpaired) electrons. The standard InChI is InChI=1S/C23H26O2/c1-2-18-9-11-19(12-10-18)7-5-3-4-6-8-20-13-14-22-21(15-20)16-25-17-23(22)24/h6,8-15H,2-5,7,16-17H2,1H3/b8-6+. The van der Waals surface area contributed by atoms with E-state index in [-0.39, 0.29) is 12.4 Å². The number of ether oxygens (including phenoxy) is 1. The number of carbonyl (C=O) groups is 1. The number of fused-ring (bicyclic) bond motifs is 1. The lowest BCUT2D eigenvalue weighted by Crippen LogP contribution is -2.17. The van der Waals surface area contributed by atoms with E-state index in [0.717, 1.165) is 36.0 Å². The van der Waals surface area contributed by atoms with Crippen LogP contribution in [0.25, 0.3) is 6.08 Å². The van der Waals surface area contributed by atoms with Crippen molar-refractivity contribution in [1.82, 2.24) is 0 Å². The number of ketones is 1. The number of hydrogen-bond donors (Lipinski definition) is 0. The zero-order valence-corrected chi connectivity index (χ0v) is 15.0. The second-order valence-electron chi connectivity index (χ2n) is 6.65. The van der Waals surface area contributed by atoms with E-state index < -0.39 is 0 Å². The zero-order chi connectivity index (χ0) is 17.5. The number of aryl methyl sites for hydroxylation is 2. The molecule has 0 saturated carbocycles. The highest BCUT2D eigenvalue weighted by molar-refractivity contribution is 5.99. The van der Waals surface area contributed by atoms with Crippen molar-refractivity contribution >= 4 is 11.9 Å². The monoisotopic (exact) mass is 334 g/mol. The van der Waals surface area contributed by atoms with Gasteiger partial charge in [-0.1, -0.05) is 55.5 Å². The molecule has 130 valence electrons. The summed E-state index contributed by atoms with van der Waals surface area (Å²) in [7, 11) is 0. The number of rotatable bonds is 7. The second kappa shape index (κ2) is 8.77. The highest BCUT2D eigenvalue weighted by atomic mass is 16.5. The van der Waals surface area contributed by atoms with Gasteiger partial charge in [0.05, 0.1) is 6.61 Å². The van der Waals surface area contributed by atoms with Crippen LogP contribution in [0, 0.1) is 0 Å². The van der Waals surface area contributed by atoms with Crippen molar-refractivity contribution < 1.29 is 9.53 Å². The molecule has 3 rings (SSSR count). The number of Topliss-reactive ketones (excluding diaryl/α,β-unsaturated/α-hetero) is 1. The van der Waals surface area contributed by atoms with Crippen LogP contribution in [0.5, 0.6) is 0 Å². The van der Waals surface area contributed by atoms with E-state index >= 15 is 0 Å². The number of benzene rings is 2. The summed E-state index contributed by atoms with van der Waals surface area (Å²) in [5.74, 6) is 0.0868. The molecule has 0 aromatic heterocycles. The van der Waals surface area contributed by atoms with Crippen molar-refractivity contribution in [2.45, 2.75) is 45.6 Å². The molecule has 25 heavy (non-hydrogen) atoms. The summed E-state index contributed by atoms with van der Waals surface area (Å²) in [4.78, 5) is 11.7. The predicted octanol–water partition coefficient (Wildman–Crippen LogP) is 5.39. The van der Waals surface area contributed by atoms with E-state index in [4.69, 9.17) is 4.74 Å². The molecule has 0 unspecified atom stereocenters. The van der Waals surface area contributed by atoms with Crippen LogP contribution >= 0.6 is 0 Å². The second-order valence-corrected chi connectivity index (χ2v) is 6.65. The Morgan fingerprint density at radius 3 is 2.60 bits per heavy atom. The minimum Gasteiger partial charge on any atom is -0.369 e. The van der Waals surface area contributed by atoms with E-state index in [2.05, 4.69) is 49.4 Å². The Labute approximate surface area is 150 Å². The molecule has 0 spiro atoms. The lowest BCUT2D eigenvalue weighted by molar-refractivity contribution is 0.0665. The Bertz CT molecular complexity index is 741. The topological polar surface area (TPSA) is 26.3 Å². The quantitative estimate of drug-likeness (QED) is 0.635. The van der Waals surface area contributed by atoms with Crippen molar-refractivity contribution in [3.63, 3.8) is 0 Å². The van der Waals surface area contributed by atoms with Crippen LogP contribution in [0.3, 0.4) is 0 Å². The van der Waals surface area contributed by atoms with E-state index in [1.54, 1.807) is 0 Å². The smallest absolute Gasteiger partial charge is 0.188 e. The predicted molar refractivity (Wildman–Crippen MR) is 103 cm³/mol. The van der Waals surface area contributed by atoms with Gasteiger partial charge < -0.3 is 4.74 Å². The average molecular weight is 334 g/mol. The van der Waals surface area contributed by atoms with Crippen molar-refractivity contribution in [2.75, 3.05) is 6.61 Å². The van der Waals surface area contributed by atoms with E-state index in [9.17, 15) is 4.79 Å². The lowest BCUT2D eigenvalue weighted by atomic mass is 9.99. The van der Waals surface area contributed by atoms with Gasteiger partial charge in [0.25, 0.3) is 0 Å². The molecule has 2 aromatic carbocycles. The van der Waals surface area contributed by atoms with Gasteiger partial charge in [0.1, 0.15) is 6.61 Å². The van der Waals surface area contributed by atoms with Crippen molar-refractivity contribution in [3.05, 3.63) is 76.4 Å². The van der Waals surface area contributed by atoms with Gasteiger partial charge in [0, 0.05) is 5.56 Å². The summed E-state index contributed by atoms with van der Waals surface area (Å²) in [6.45, 7) is 2.94. The fourth-order valence-corrected chi connectivity index (χ4v) is 3.19. The largest absolute Gasteiger partial charge is 0.369 e. The number of carbonyl (C=O) groups excluding carboxylic acids is 1. The lowest BCUT2D eigenvalue weighted by Gasteiger charge is -2.15. The highest BCUT2D eigenvalue weighted by Crippen LogP contribution is 2.19. The molecule has 0 saturated heterocycles. The first-order chi connectivity index (χ1) is 12.3. The molecular weight excluding hydrogens is 308 g/mol. The van der Waals surface area contributed by atoms with Gasteiger partial charge in [-0.2, -0.15) is 0 Å². The first kappa shape index (κ1) is 17.6. The van der Waals surface area contributed by atoms with Gasteiger partial charge in [0.15, 0.2) is 5.78 Å². The molecule has 0 bridgehead atoms. The fraction of sp³-hybridized carbons (Fsp3) is 0.348. The third-order valence-electron chi connectivity index (χ3n) is 4.75. The Hall–Kier alpha value is -2.19. The van der Waals surface area contributed by atoms with Gasteiger partial charge in [-0.05, 0) is 60.4 Å². The Morgan fingerprint density at radius 1 is 1.00 bits per heavy atom. The Kier molecular flexibility index (Phi) is 6.19. The highest BCUT2D eigenvalue weighted by Gasteiger charge is 2.16. The van der Waals surface area contributed by atoms with E-state index in [1.807, 2.05) is 12.1 Å². The van der Waals surface area contributed by atoms with E-state index in [0.29, 0.717) is 6.61 Å². The maximum atomic E-state index is 11.7. The van der Waals surface area contributed by atoms with Crippen LogP contribution in [0.15, 0.2) is 48.5 Å². The normalized spacial score (nSPS) is 14.0. The maximum absolute atomic E-state index is 11.7. The minimum absolute atomic E-state index is 0.0868. The van der Waals surface area contributed by atoms with Crippen molar-refractivity contribution in [3.8, 4) is 0 Å².